The number of hydrogen-bond acceptors (Lipinski definition) is 5. The molecule has 0 unspecified atom stereocenters. The summed E-state index contributed by atoms with van der Waals surface area (Å²) in [6, 6.07) is 10.0. The molecule has 1 N–H and O–H groups in total. The Labute approximate surface area is 186 Å². The number of nitrogens with zero attached hydrogens (tertiary/aromatic N) is 4. The summed E-state index contributed by atoms with van der Waals surface area (Å²) in [6.07, 6.45) is 5.66. The van der Waals surface area contributed by atoms with E-state index in [-0.39, 0.29) is 18.0 Å². The number of aromatic amines is 1. The molecule has 1 aromatic carbocycles. The van der Waals surface area contributed by atoms with Crippen LogP contribution in [0.5, 0.6) is 0 Å². The molecule has 0 saturated carbocycles. The third kappa shape index (κ3) is 4.49. The summed E-state index contributed by atoms with van der Waals surface area (Å²) in [4.78, 5) is 27.4. The van der Waals surface area contributed by atoms with Gasteiger partial charge in [0.2, 0.25) is 0 Å². The van der Waals surface area contributed by atoms with Gasteiger partial charge in [-0.25, -0.2) is 9.97 Å². The Morgan fingerprint density at radius 1 is 1.19 bits per heavy atom. The van der Waals surface area contributed by atoms with Crippen LogP contribution in [-0.4, -0.2) is 57.1 Å². The molecule has 1 aliphatic rings. The highest BCUT2D eigenvalue weighted by Crippen LogP contribution is 2.20. The Kier molecular flexibility index (Phi) is 6.36. The van der Waals surface area contributed by atoms with E-state index < -0.39 is 0 Å². The molecule has 0 bridgehead atoms. The fourth-order valence-corrected chi connectivity index (χ4v) is 4.13. The molecule has 0 atom stereocenters. The van der Waals surface area contributed by atoms with Crippen molar-refractivity contribution in [2.45, 2.75) is 19.8 Å². The number of benzene rings is 1. The van der Waals surface area contributed by atoms with Gasteiger partial charge in [-0.3, -0.25) is 4.79 Å². The molecule has 0 spiro atoms. The summed E-state index contributed by atoms with van der Waals surface area (Å²) in [5.74, 6) is 0.497. The Bertz CT molecular complexity index is 1260. The van der Waals surface area contributed by atoms with Gasteiger partial charge in [-0.2, -0.15) is 0 Å². The lowest BCUT2D eigenvalue weighted by atomic mass is 10.0. The monoisotopic (exact) mass is 439 g/mol. The van der Waals surface area contributed by atoms with Crippen LogP contribution >= 0.6 is 12.4 Å². The zero-order chi connectivity index (χ0) is 20.5. The molecule has 8 heteroatoms. The van der Waals surface area contributed by atoms with Crippen molar-refractivity contribution in [3.63, 3.8) is 0 Å². The molecule has 1 aliphatic heterocycles. The molecule has 0 radical (unpaired) electrons. The second-order valence-corrected chi connectivity index (χ2v) is 7.90. The molecule has 31 heavy (non-hydrogen) atoms. The van der Waals surface area contributed by atoms with Gasteiger partial charge in [0.05, 0.1) is 23.8 Å². The summed E-state index contributed by atoms with van der Waals surface area (Å²) in [6.45, 7) is 6.67. The predicted octanol–water partition coefficient (Wildman–Crippen LogP) is 3.23. The summed E-state index contributed by atoms with van der Waals surface area (Å²) in [7, 11) is 0. The van der Waals surface area contributed by atoms with E-state index in [1.54, 1.807) is 6.33 Å². The number of ether oxygens (including phenoxy) is 1. The Balaban J connectivity index is 0.00000231. The van der Waals surface area contributed by atoms with Gasteiger partial charge in [0, 0.05) is 38.0 Å². The van der Waals surface area contributed by atoms with Crippen LogP contribution in [0, 0.1) is 6.92 Å². The Hall–Kier alpha value is -2.74. The van der Waals surface area contributed by atoms with Gasteiger partial charge < -0.3 is 19.0 Å². The van der Waals surface area contributed by atoms with Crippen LogP contribution in [-0.2, 0) is 11.2 Å². The zero-order valence-corrected chi connectivity index (χ0v) is 18.3. The van der Waals surface area contributed by atoms with Gasteiger partial charge >= 0.3 is 0 Å². The van der Waals surface area contributed by atoms with E-state index in [4.69, 9.17) is 9.72 Å². The van der Waals surface area contributed by atoms with Crippen LogP contribution in [0.15, 0.2) is 47.7 Å². The van der Waals surface area contributed by atoms with Crippen molar-refractivity contribution >= 4 is 28.8 Å². The molecule has 0 amide bonds. The summed E-state index contributed by atoms with van der Waals surface area (Å²) < 4.78 is 7.46. The largest absolute Gasteiger partial charge is 0.380 e. The van der Waals surface area contributed by atoms with E-state index in [0.29, 0.717) is 16.9 Å². The standard InChI is InChI=1S/C23H25N5O2.ClH/c1-16-12-17(5-8-27-6-3-10-30-11-9-27)13-19-21(16)25-22(26-23(19)29)20-14-18-4-2-7-28(18)15-24-20;/h2,4,7,12-15H,3,5-6,8-11H2,1H3,(H,25,26,29);1H. The van der Waals surface area contributed by atoms with Crippen molar-refractivity contribution in [1.82, 2.24) is 24.3 Å². The maximum atomic E-state index is 12.9. The third-order valence-electron chi connectivity index (χ3n) is 5.75. The quantitative estimate of drug-likeness (QED) is 0.528. The minimum atomic E-state index is -0.125. The minimum Gasteiger partial charge on any atom is -0.380 e. The van der Waals surface area contributed by atoms with Crippen molar-refractivity contribution in [2.75, 3.05) is 32.8 Å². The third-order valence-corrected chi connectivity index (χ3v) is 5.75. The summed E-state index contributed by atoms with van der Waals surface area (Å²) in [5, 5.41) is 0.636. The maximum absolute atomic E-state index is 12.9. The SMILES string of the molecule is Cc1cc(CCN2CCCOCC2)cc2c(=O)[nH]c(-c3cc4cccn4cn3)nc12.Cl. The van der Waals surface area contributed by atoms with Gasteiger partial charge in [0.25, 0.3) is 5.56 Å². The van der Waals surface area contributed by atoms with Crippen molar-refractivity contribution in [3.8, 4) is 11.5 Å². The lowest BCUT2D eigenvalue weighted by Gasteiger charge is -2.19. The number of hydrogen-bond donors (Lipinski definition) is 1. The Morgan fingerprint density at radius 3 is 3.00 bits per heavy atom. The molecular formula is C23H26ClN5O2. The van der Waals surface area contributed by atoms with Gasteiger partial charge in [0.1, 0.15) is 5.69 Å². The number of halogens is 1. The van der Waals surface area contributed by atoms with Gasteiger partial charge in [-0.1, -0.05) is 6.07 Å². The molecule has 1 fully saturated rings. The van der Waals surface area contributed by atoms with Crippen LogP contribution in [0.2, 0.25) is 0 Å². The number of H-pyrrole nitrogens is 1. The van der Waals surface area contributed by atoms with Crippen LogP contribution in [0.25, 0.3) is 27.9 Å². The van der Waals surface area contributed by atoms with Gasteiger partial charge in [-0.05, 0) is 55.2 Å². The number of fused-ring (bicyclic) bond motifs is 2. The second kappa shape index (κ2) is 9.18. The summed E-state index contributed by atoms with van der Waals surface area (Å²) >= 11 is 0. The van der Waals surface area contributed by atoms with Crippen LogP contribution < -0.4 is 5.56 Å². The summed E-state index contributed by atoms with van der Waals surface area (Å²) in [5.41, 5.74) is 4.45. The van der Waals surface area contributed by atoms with Crippen molar-refractivity contribution in [2.24, 2.45) is 0 Å². The van der Waals surface area contributed by atoms with Gasteiger partial charge in [-0.15, -0.1) is 12.4 Å². The molecule has 1 saturated heterocycles. The highest BCUT2D eigenvalue weighted by atomic mass is 35.5. The lowest BCUT2D eigenvalue weighted by Crippen LogP contribution is -2.28. The average molecular weight is 440 g/mol. The second-order valence-electron chi connectivity index (χ2n) is 7.90. The maximum Gasteiger partial charge on any atom is 0.259 e. The van der Waals surface area contributed by atoms with E-state index in [1.807, 2.05) is 41.8 Å². The molecule has 162 valence electrons. The first-order chi connectivity index (χ1) is 14.7. The fourth-order valence-electron chi connectivity index (χ4n) is 4.13. The van der Waals surface area contributed by atoms with Crippen molar-refractivity contribution in [1.29, 1.82) is 0 Å². The van der Waals surface area contributed by atoms with E-state index >= 15 is 0 Å². The normalized spacial score (nSPS) is 15.1. The lowest BCUT2D eigenvalue weighted by molar-refractivity contribution is 0.141. The molecule has 0 aliphatic carbocycles. The van der Waals surface area contributed by atoms with Crippen LogP contribution in [0.4, 0.5) is 0 Å². The molecule has 5 rings (SSSR count). The predicted molar refractivity (Wildman–Crippen MR) is 124 cm³/mol. The smallest absolute Gasteiger partial charge is 0.259 e. The first-order valence-corrected chi connectivity index (χ1v) is 10.4. The number of nitrogens with one attached hydrogen (secondary N) is 1. The number of aryl methyl sites for hydroxylation is 1. The first kappa shape index (κ1) is 21.5. The molecular weight excluding hydrogens is 414 g/mol. The molecule has 3 aromatic heterocycles. The average Bonchev–Trinajstić information content (AvgIpc) is 3.06. The number of rotatable bonds is 4. The number of aromatic nitrogens is 4. The molecule has 7 nitrogen and oxygen atoms in total. The fraction of sp³-hybridized carbons (Fsp3) is 0.348. The van der Waals surface area contributed by atoms with E-state index in [2.05, 4.69) is 20.9 Å². The van der Waals surface area contributed by atoms with Crippen LogP contribution in [0.1, 0.15) is 17.5 Å². The van der Waals surface area contributed by atoms with Gasteiger partial charge in [0.15, 0.2) is 5.82 Å². The van der Waals surface area contributed by atoms with Crippen molar-refractivity contribution < 1.29 is 4.74 Å². The van der Waals surface area contributed by atoms with E-state index in [1.165, 1.54) is 0 Å². The molecule has 4 heterocycles. The highest BCUT2D eigenvalue weighted by Gasteiger charge is 2.13. The van der Waals surface area contributed by atoms with E-state index in [0.717, 1.165) is 67.8 Å². The topological polar surface area (TPSA) is 75.5 Å². The zero-order valence-electron chi connectivity index (χ0n) is 17.5. The minimum absolute atomic E-state index is 0. The van der Waals surface area contributed by atoms with Crippen LogP contribution in [0.3, 0.4) is 0 Å². The Morgan fingerprint density at radius 2 is 2.10 bits per heavy atom. The highest BCUT2D eigenvalue weighted by molar-refractivity contribution is 5.85. The first-order valence-electron chi connectivity index (χ1n) is 10.4. The van der Waals surface area contributed by atoms with Crippen molar-refractivity contribution in [3.05, 3.63) is 64.3 Å². The van der Waals surface area contributed by atoms with E-state index in [9.17, 15) is 4.79 Å². The molecule has 4 aromatic rings.